The van der Waals surface area contributed by atoms with E-state index in [2.05, 4.69) is 20.5 Å². The van der Waals surface area contributed by atoms with Gasteiger partial charge in [-0.2, -0.15) is 5.10 Å². The lowest BCUT2D eigenvalue weighted by molar-refractivity contribution is -0.115. The van der Waals surface area contributed by atoms with Gasteiger partial charge in [0.1, 0.15) is 17.5 Å². The average Bonchev–Trinajstić information content (AvgIpc) is 2.99. The van der Waals surface area contributed by atoms with Crippen LogP contribution in [0.5, 0.6) is 0 Å². The van der Waals surface area contributed by atoms with Crippen LogP contribution in [0.1, 0.15) is 22.8 Å². The summed E-state index contributed by atoms with van der Waals surface area (Å²) < 4.78 is 26.7. The zero-order chi connectivity index (χ0) is 17.8. The quantitative estimate of drug-likeness (QED) is 0.748. The summed E-state index contributed by atoms with van der Waals surface area (Å²) in [5.74, 6) is -0.201. The summed E-state index contributed by atoms with van der Waals surface area (Å²) in [6, 6.07) is 10.5. The summed E-state index contributed by atoms with van der Waals surface area (Å²) in [5, 5.41) is 9.39. The first-order valence-electron chi connectivity index (χ1n) is 7.71. The molecule has 2 N–H and O–H groups in total. The summed E-state index contributed by atoms with van der Waals surface area (Å²) in [6.07, 6.45) is 0.225. The van der Waals surface area contributed by atoms with Crippen molar-refractivity contribution in [3.05, 3.63) is 76.9 Å². The van der Waals surface area contributed by atoms with Crippen molar-refractivity contribution in [1.29, 1.82) is 0 Å². The lowest BCUT2D eigenvalue weighted by atomic mass is 10.1. The minimum absolute atomic E-state index is 0.0371. The normalized spacial score (nSPS) is 10.7. The highest BCUT2D eigenvalue weighted by atomic mass is 19.1. The number of halogens is 2. The van der Waals surface area contributed by atoms with Gasteiger partial charge >= 0.3 is 0 Å². The van der Waals surface area contributed by atoms with Crippen molar-refractivity contribution in [2.24, 2.45) is 0 Å². The molecule has 0 aliphatic rings. The predicted molar refractivity (Wildman–Crippen MR) is 89.1 cm³/mol. The van der Waals surface area contributed by atoms with Gasteiger partial charge < -0.3 is 5.32 Å². The minimum atomic E-state index is -0.359. The summed E-state index contributed by atoms with van der Waals surface area (Å²) in [7, 11) is 0. The topological polar surface area (TPSA) is 70.7 Å². The van der Waals surface area contributed by atoms with Crippen molar-refractivity contribution in [3.8, 4) is 0 Å². The SMILES string of the molecule is Cc1cc(F)ccc1NC(=O)Cc1n[nH]c(Cc2ccccc2F)n1. The first-order valence-corrected chi connectivity index (χ1v) is 7.71. The van der Waals surface area contributed by atoms with Crippen LogP contribution in [0.3, 0.4) is 0 Å². The molecule has 7 heteroatoms. The van der Waals surface area contributed by atoms with Gasteiger partial charge in [0.25, 0.3) is 0 Å². The number of carbonyl (C=O) groups is 1. The van der Waals surface area contributed by atoms with Crippen LogP contribution in [0.2, 0.25) is 0 Å². The maximum Gasteiger partial charge on any atom is 0.232 e. The molecule has 1 aromatic heterocycles. The molecule has 2 aromatic carbocycles. The Morgan fingerprint density at radius 2 is 2.00 bits per heavy atom. The lowest BCUT2D eigenvalue weighted by Gasteiger charge is -2.07. The highest BCUT2D eigenvalue weighted by Crippen LogP contribution is 2.16. The monoisotopic (exact) mass is 342 g/mol. The van der Waals surface area contributed by atoms with Gasteiger partial charge in [-0.05, 0) is 42.3 Å². The van der Waals surface area contributed by atoms with E-state index in [0.717, 1.165) is 0 Å². The Kier molecular flexibility index (Phi) is 4.83. The number of rotatable bonds is 5. The van der Waals surface area contributed by atoms with Crippen molar-refractivity contribution in [2.45, 2.75) is 19.8 Å². The van der Waals surface area contributed by atoms with Crippen LogP contribution in [0.4, 0.5) is 14.5 Å². The van der Waals surface area contributed by atoms with E-state index >= 15 is 0 Å². The molecule has 1 amide bonds. The molecule has 3 rings (SSSR count). The minimum Gasteiger partial charge on any atom is -0.325 e. The Bertz CT molecular complexity index is 908. The summed E-state index contributed by atoms with van der Waals surface area (Å²) in [6.45, 7) is 1.71. The fourth-order valence-electron chi connectivity index (χ4n) is 2.42. The number of nitrogens with zero attached hydrogens (tertiary/aromatic N) is 2. The van der Waals surface area contributed by atoms with E-state index in [-0.39, 0.29) is 30.4 Å². The van der Waals surface area contributed by atoms with Gasteiger partial charge in [-0.15, -0.1) is 0 Å². The van der Waals surface area contributed by atoms with E-state index in [1.807, 2.05) is 0 Å². The Morgan fingerprint density at radius 1 is 1.20 bits per heavy atom. The highest BCUT2D eigenvalue weighted by Gasteiger charge is 2.12. The number of anilines is 1. The second-order valence-corrected chi connectivity index (χ2v) is 5.65. The summed E-state index contributed by atoms with van der Waals surface area (Å²) in [4.78, 5) is 16.3. The molecule has 0 bridgehead atoms. The number of hydrogen-bond donors (Lipinski definition) is 2. The standard InChI is InChI=1S/C18H16F2N4O/c1-11-8-13(19)6-7-15(11)21-18(25)10-17-22-16(23-24-17)9-12-4-2-3-5-14(12)20/h2-8H,9-10H2,1H3,(H,21,25)(H,22,23,24). The van der Waals surface area contributed by atoms with Gasteiger partial charge in [0.15, 0.2) is 5.82 Å². The molecule has 0 spiro atoms. The smallest absolute Gasteiger partial charge is 0.232 e. The van der Waals surface area contributed by atoms with E-state index in [4.69, 9.17) is 0 Å². The number of nitrogens with one attached hydrogen (secondary N) is 2. The number of aromatic amines is 1. The average molecular weight is 342 g/mol. The second-order valence-electron chi connectivity index (χ2n) is 5.65. The number of carbonyl (C=O) groups excluding carboxylic acids is 1. The molecule has 0 fully saturated rings. The van der Waals surface area contributed by atoms with Gasteiger partial charge in [-0.3, -0.25) is 9.89 Å². The number of amides is 1. The summed E-state index contributed by atoms with van der Waals surface area (Å²) in [5.41, 5.74) is 1.66. The lowest BCUT2D eigenvalue weighted by Crippen LogP contribution is -2.16. The Morgan fingerprint density at radius 3 is 2.76 bits per heavy atom. The fourth-order valence-corrected chi connectivity index (χ4v) is 2.42. The largest absolute Gasteiger partial charge is 0.325 e. The molecule has 0 saturated carbocycles. The molecule has 0 unspecified atom stereocenters. The number of hydrogen-bond acceptors (Lipinski definition) is 3. The number of aryl methyl sites for hydroxylation is 1. The third kappa shape index (κ3) is 4.26. The third-order valence-corrected chi connectivity index (χ3v) is 3.67. The summed E-state index contributed by atoms with van der Waals surface area (Å²) >= 11 is 0. The van der Waals surface area contributed by atoms with Crippen LogP contribution in [0, 0.1) is 18.6 Å². The van der Waals surface area contributed by atoms with E-state index < -0.39 is 0 Å². The van der Waals surface area contributed by atoms with Gasteiger partial charge in [-0.1, -0.05) is 18.2 Å². The van der Waals surface area contributed by atoms with Gasteiger partial charge in [0, 0.05) is 12.1 Å². The van der Waals surface area contributed by atoms with Crippen LogP contribution < -0.4 is 5.32 Å². The Balaban J connectivity index is 1.63. The van der Waals surface area contributed by atoms with E-state index in [0.29, 0.717) is 28.5 Å². The highest BCUT2D eigenvalue weighted by molar-refractivity contribution is 5.92. The van der Waals surface area contributed by atoms with Crippen LogP contribution >= 0.6 is 0 Å². The number of benzene rings is 2. The van der Waals surface area contributed by atoms with Crippen LogP contribution in [-0.2, 0) is 17.6 Å². The van der Waals surface area contributed by atoms with Gasteiger partial charge in [0.05, 0.1) is 6.42 Å². The Labute approximate surface area is 143 Å². The molecular weight excluding hydrogens is 326 g/mol. The van der Waals surface area contributed by atoms with Crippen LogP contribution in [0.25, 0.3) is 0 Å². The zero-order valence-electron chi connectivity index (χ0n) is 13.5. The first kappa shape index (κ1) is 16.8. The molecule has 128 valence electrons. The molecule has 0 aliphatic carbocycles. The number of aromatic nitrogens is 3. The number of H-pyrrole nitrogens is 1. The van der Waals surface area contributed by atoms with Crippen LogP contribution in [0.15, 0.2) is 42.5 Å². The van der Waals surface area contributed by atoms with Gasteiger partial charge in [-0.25, -0.2) is 13.8 Å². The van der Waals surface area contributed by atoms with Crippen molar-refractivity contribution in [3.63, 3.8) is 0 Å². The molecule has 0 aliphatic heterocycles. The van der Waals surface area contributed by atoms with E-state index in [1.165, 1.54) is 24.3 Å². The van der Waals surface area contributed by atoms with Gasteiger partial charge in [0.2, 0.25) is 5.91 Å². The maximum atomic E-state index is 13.6. The van der Waals surface area contributed by atoms with Crippen molar-refractivity contribution in [1.82, 2.24) is 15.2 Å². The second kappa shape index (κ2) is 7.21. The molecule has 0 atom stereocenters. The van der Waals surface area contributed by atoms with Crippen molar-refractivity contribution < 1.29 is 13.6 Å². The maximum absolute atomic E-state index is 13.6. The molecule has 0 saturated heterocycles. The van der Waals surface area contributed by atoms with Crippen molar-refractivity contribution in [2.75, 3.05) is 5.32 Å². The third-order valence-electron chi connectivity index (χ3n) is 3.67. The molecular formula is C18H16F2N4O. The molecule has 1 heterocycles. The molecule has 5 nitrogen and oxygen atoms in total. The molecule has 3 aromatic rings. The Hall–Kier alpha value is -3.09. The zero-order valence-corrected chi connectivity index (χ0v) is 13.5. The molecule has 0 radical (unpaired) electrons. The van der Waals surface area contributed by atoms with Crippen LogP contribution in [-0.4, -0.2) is 21.1 Å². The molecule has 25 heavy (non-hydrogen) atoms. The first-order chi connectivity index (χ1) is 12.0. The predicted octanol–water partition coefficient (Wildman–Crippen LogP) is 3.16. The van der Waals surface area contributed by atoms with E-state index in [1.54, 1.807) is 25.1 Å². The van der Waals surface area contributed by atoms with E-state index in [9.17, 15) is 13.6 Å². The van der Waals surface area contributed by atoms with Crippen molar-refractivity contribution >= 4 is 11.6 Å². The fraction of sp³-hybridized carbons (Fsp3) is 0.167.